The average Bonchev–Trinajstić information content (AvgIpc) is 2.44. The van der Waals surface area contributed by atoms with E-state index >= 15 is 0 Å². The van der Waals surface area contributed by atoms with Crippen LogP contribution in [-0.4, -0.2) is 60.4 Å². The van der Waals surface area contributed by atoms with Crippen LogP contribution in [0, 0.1) is 0 Å². The molecule has 0 aromatic rings. The first-order valence-electron chi connectivity index (χ1n) is 6.12. The largest absolute Gasteiger partial charge is 0.462 e. The zero-order chi connectivity index (χ0) is 15.4. The van der Waals surface area contributed by atoms with Crippen LogP contribution in [0.1, 0.15) is 12.8 Å². The van der Waals surface area contributed by atoms with Gasteiger partial charge in [0.2, 0.25) is 0 Å². The third-order valence-electron chi connectivity index (χ3n) is 2.25. The first kappa shape index (κ1) is 20.3. The van der Waals surface area contributed by atoms with Gasteiger partial charge in [-0.3, -0.25) is 9.59 Å². The lowest BCUT2D eigenvalue weighted by molar-refractivity contribution is -0.145. The van der Waals surface area contributed by atoms with Gasteiger partial charge in [0.25, 0.3) is 0 Å². The summed E-state index contributed by atoms with van der Waals surface area (Å²) in [6.07, 6.45) is 1.14. The second kappa shape index (κ2) is 13.0. The number of rotatable bonds is 11. The molecule has 0 saturated carbocycles. The van der Waals surface area contributed by atoms with Gasteiger partial charge in [-0.2, -0.15) is 0 Å². The molecule has 0 amide bonds. The van der Waals surface area contributed by atoms with Crippen LogP contribution in [0.15, 0.2) is 0 Å². The minimum Gasteiger partial charge on any atom is -0.462 e. The maximum absolute atomic E-state index is 11.6. The maximum atomic E-state index is 11.6. The SMILES string of the molecule is COCCOC(=O)C(I)CCC(I)C(=O)OCCOC. The highest BCUT2D eigenvalue weighted by molar-refractivity contribution is 14.1. The first-order valence-corrected chi connectivity index (χ1v) is 8.61. The van der Waals surface area contributed by atoms with Crippen molar-refractivity contribution in [2.24, 2.45) is 0 Å². The van der Waals surface area contributed by atoms with Crippen LogP contribution >= 0.6 is 45.2 Å². The van der Waals surface area contributed by atoms with E-state index < -0.39 is 0 Å². The van der Waals surface area contributed by atoms with Gasteiger partial charge in [-0.25, -0.2) is 0 Å². The summed E-state index contributed by atoms with van der Waals surface area (Å²) in [6, 6.07) is 0. The molecule has 0 radical (unpaired) electrons. The van der Waals surface area contributed by atoms with E-state index in [1.807, 2.05) is 45.2 Å². The topological polar surface area (TPSA) is 71.1 Å². The Morgan fingerprint density at radius 2 is 1.15 bits per heavy atom. The molecule has 6 nitrogen and oxygen atoms in total. The molecule has 0 aliphatic rings. The third kappa shape index (κ3) is 10.1. The fourth-order valence-corrected chi connectivity index (χ4v) is 2.24. The predicted molar refractivity (Wildman–Crippen MR) is 90.5 cm³/mol. The molecule has 2 atom stereocenters. The van der Waals surface area contributed by atoms with Crippen LogP contribution < -0.4 is 0 Å². The second-order valence-electron chi connectivity index (χ2n) is 3.83. The highest BCUT2D eigenvalue weighted by Gasteiger charge is 2.21. The molecule has 0 aromatic carbocycles. The monoisotopic (exact) mass is 514 g/mol. The summed E-state index contributed by atoms with van der Waals surface area (Å²) in [7, 11) is 3.09. The van der Waals surface area contributed by atoms with Crippen molar-refractivity contribution in [1.82, 2.24) is 0 Å². The van der Waals surface area contributed by atoms with Crippen molar-refractivity contribution in [3.8, 4) is 0 Å². The second-order valence-corrected chi connectivity index (χ2v) is 6.84. The summed E-state index contributed by atoms with van der Waals surface area (Å²) < 4.78 is 19.1. The average molecular weight is 514 g/mol. The molecule has 0 spiro atoms. The third-order valence-corrected chi connectivity index (χ3v) is 4.51. The fraction of sp³-hybridized carbons (Fsp3) is 0.833. The van der Waals surface area contributed by atoms with Crippen LogP contribution in [0.25, 0.3) is 0 Å². The summed E-state index contributed by atoms with van der Waals surface area (Å²) >= 11 is 4.04. The quantitative estimate of drug-likeness (QED) is 0.181. The molecular weight excluding hydrogens is 494 g/mol. The molecule has 0 rings (SSSR count). The number of carbonyl (C=O) groups is 2. The number of hydrogen-bond donors (Lipinski definition) is 0. The summed E-state index contributed by atoms with van der Waals surface area (Å²) in [5.74, 6) is -0.557. The molecule has 0 heterocycles. The van der Waals surface area contributed by atoms with Crippen LogP contribution in [-0.2, 0) is 28.5 Å². The predicted octanol–water partition coefficient (Wildman–Crippen LogP) is 1.75. The number of halogens is 2. The Bertz CT molecular complexity index is 259. The number of methoxy groups -OCH3 is 2. The summed E-state index contributed by atoms with van der Waals surface area (Å²) in [4.78, 5) is 23.2. The van der Waals surface area contributed by atoms with Crippen molar-refractivity contribution in [3.05, 3.63) is 0 Å². The van der Waals surface area contributed by atoms with Gasteiger partial charge in [-0.1, -0.05) is 45.2 Å². The molecule has 8 heteroatoms. The zero-order valence-electron chi connectivity index (χ0n) is 11.6. The highest BCUT2D eigenvalue weighted by Crippen LogP contribution is 2.17. The molecule has 20 heavy (non-hydrogen) atoms. The van der Waals surface area contributed by atoms with Gasteiger partial charge < -0.3 is 18.9 Å². The smallest absolute Gasteiger partial charge is 0.318 e. The summed E-state index contributed by atoms with van der Waals surface area (Å²) in [6.45, 7) is 1.27. The van der Waals surface area contributed by atoms with Crippen molar-refractivity contribution >= 4 is 57.1 Å². The molecular formula is C12H20I2O6. The van der Waals surface area contributed by atoms with E-state index in [1.165, 1.54) is 0 Å². The van der Waals surface area contributed by atoms with Gasteiger partial charge >= 0.3 is 11.9 Å². The standard InChI is InChI=1S/C12H20I2O6/c1-17-5-7-19-11(15)9(13)3-4-10(14)12(16)20-8-6-18-2/h9-10H,3-8H2,1-2H3. The minimum atomic E-state index is -0.279. The van der Waals surface area contributed by atoms with Gasteiger partial charge in [0, 0.05) is 14.2 Å². The van der Waals surface area contributed by atoms with Crippen molar-refractivity contribution < 1.29 is 28.5 Å². The Balaban J connectivity index is 3.83. The Hall–Kier alpha value is 0.320. The Labute approximate surface area is 146 Å². The number of alkyl halides is 2. The minimum absolute atomic E-state index is 0.252. The van der Waals surface area contributed by atoms with Crippen molar-refractivity contribution in [3.63, 3.8) is 0 Å². The van der Waals surface area contributed by atoms with E-state index in [0.29, 0.717) is 26.1 Å². The lowest BCUT2D eigenvalue weighted by atomic mass is 10.2. The molecule has 118 valence electrons. The van der Waals surface area contributed by atoms with Gasteiger partial charge in [0.15, 0.2) is 0 Å². The van der Waals surface area contributed by atoms with Crippen LogP contribution in [0.4, 0.5) is 0 Å². The molecule has 0 aromatic heterocycles. The number of carbonyl (C=O) groups excluding carboxylic acids is 2. The number of esters is 2. The molecule has 0 saturated heterocycles. The lowest BCUT2D eigenvalue weighted by Crippen LogP contribution is -2.24. The van der Waals surface area contributed by atoms with E-state index in [0.717, 1.165) is 0 Å². The number of hydrogen-bond acceptors (Lipinski definition) is 6. The fourth-order valence-electron chi connectivity index (χ4n) is 1.16. The Morgan fingerprint density at radius 3 is 1.45 bits per heavy atom. The van der Waals surface area contributed by atoms with Gasteiger partial charge in [-0.05, 0) is 12.8 Å². The highest BCUT2D eigenvalue weighted by atomic mass is 127. The van der Waals surface area contributed by atoms with E-state index in [4.69, 9.17) is 18.9 Å². The van der Waals surface area contributed by atoms with Crippen molar-refractivity contribution in [1.29, 1.82) is 0 Å². The summed E-state index contributed by atoms with van der Waals surface area (Å²) in [5.41, 5.74) is 0. The maximum Gasteiger partial charge on any atom is 0.318 e. The van der Waals surface area contributed by atoms with Crippen LogP contribution in [0.2, 0.25) is 0 Å². The molecule has 0 aliphatic heterocycles. The van der Waals surface area contributed by atoms with Crippen molar-refractivity contribution in [2.45, 2.75) is 20.7 Å². The van der Waals surface area contributed by atoms with Crippen LogP contribution in [0.3, 0.4) is 0 Å². The lowest BCUT2D eigenvalue weighted by Gasteiger charge is -2.13. The zero-order valence-corrected chi connectivity index (χ0v) is 15.9. The molecule has 0 N–H and O–H groups in total. The van der Waals surface area contributed by atoms with Gasteiger partial charge in [-0.15, -0.1) is 0 Å². The van der Waals surface area contributed by atoms with E-state index in [1.54, 1.807) is 14.2 Å². The molecule has 0 fully saturated rings. The van der Waals surface area contributed by atoms with E-state index in [9.17, 15) is 9.59 Å². The Kier molecular flexibility index (Phi) is 13.2. The van der Waals surface area contributed by atoms with Gasteiger partial charge in [0.1, 0.15) is 21.1 Å². The molecule has 0 bridgehead atoms. The molecule has 2 unspecified atom stereocenters. The van der Waals surface area contributed by atoms with Gasteiger partial charge in [0.05, 0.1) is 13.2 Å². The normalized spacial score (nSPS) is 13.6. The Morgan fingerprint density at radius 1 is 0.800 bits per heavy atom. The first-order chi connectivity index (χ1) is 9.52. The number of ether oxygens (including phenoxy) is 4. The van der Waals surface area contributed by atoms with Crippen molar-refractivity contribution in [2.75, 3.05) is 40.6 Å². The van der Waals surface area contributed by atoms with E-state index in [-0.39, 0.29) is 33.0 Å². The summed E-state index contributed by atoms with van der Waals surface area (Å²) in [5, 5.41) is 0. The molecule has 0 aliphatic carbocycles. The van der Waals surface area contributed by atoms with E-state index in [2.05, 4.69) is 0 Å². The van der Waals surface area contributed by atoms with Crippen LogP contribution in [0.5, 0.6) is 0 Å².